The maximum atomic E-state index is 11.4. The summed E-state index contributed by atoms with van der Waals surface area (Å²) in [6, 6.07) is 8.53. The Morgan fingerprint density at radius 1 is 1.30 bits per heavy atom. The molecule has 0 aliphatic carbocycles. The van der Waals surface area contributed by atoms with Crippen molar-refractivity contribution in [3.05, 3.63) is 46.1 Å². The predicted octanol–water partition coefficient (Wildman–Crippen LogP) is 3.31. The van der Waals surface area contributed by atoms with Gasteiger partial charge in [0.05, 0.1) is 12.8 Å². The second kappa shape index (κ2) is 5.92. The SMILES string of the molecule is COC(=O)c1ccc(N)c(Oc2ccc(Br)c(C)c2)n1. The molecule has 2 N–H and O–H groups in total. The van der Waals surface area contributed by atoms with Gasteiger partial charge in [-0.25, -0.2) is 9.78 Å². The van der Waals surface area contributed by atoms with Crippen molar-refractivity contribution < 1.29 is 14.3 Å². The number of ether oxygens (including phenoxy) is 2. The first kappa shape index (κ1) is 14.3. The molecule has 0 radical (unpaired) electrons. The molecule has 0 unspecified atom stereocenters. The van der Waals surface area contributed by atoms with Crippen LogP contribution in [0.2, 0.25) is 0 Å². The summed E-state index contributed by atoms with van der Waals surface area (Å²) in [6.45, 7) is 1.94. The Kier molecular flexibility index (Phi) is 4.24. The van der Waals surface area contributed by atoms with Gasteiger partial charge in [0, 0.05) is 4.47 Å². The van der Waals surface area contributed by atoms with Crippen molar-refractivity contribution in [3.63, 3.8) is 0 Å². The highest BCUT2D eigenvalue weighted by molar-refractivity contribution is 9.10. The van der Waals surface area contributed by atoms with Gasteiger partial charge in [-0.05, 0) is 42.8 Å². The van der Waals surface area contributed by atoms with Gasteiger partial charge in [0.25, 0.3) is 0 Å². The van der Waals surface area contributed by atoms with E-state index in [1.54, 1.807) is 12.1 Å². The largest absolute Gasteiger partial charge is 0.464 e. The number of nitrogens with zero attached hydrogens (tertiary/aromatic N) is 1. The van der Waals surface area contributed by atoms with Crippen molar-refractivity contribution in [2.24, 2.45) is 0 Å². The van der Waals surface area contributed by atoms with Gasteiger partial charge < -0.3 is 15.2 Å². The van der Waals surface area contributed by atoms with Crippen molar-refractivity contribution in [1.29, 1.82) is 0 Å². The van der Waals surface area contributed by atoms with Crippen LogP contribution in [0.3, 0.4) is 0 Å². The fraction of sp³-hybridized carbons (Fsp3) is 0.143. The lowest BCUT2D eigenvalue weighted by Crippen LogP contribution is -2.06. The Hall–Kier alpha value is -2.08. The second-order valence-corrected chi connectivity index (χ2v) is 4.95. The standard InChI is InChI=1S/C14H13BrN2O3/c1-8-7-9(3-4-10(8)15)20-13-11(16)5-6-12(17-13)14(18)19-2/h3-7H,16H2,1-2H3. The van der Waals surface area contributed by atoms with E-state index < -0.39 is 5.97 Å². The zero-order valence-electron chi connectivity index (χ0n) is 11.0. The van der Waals surface area contributed by atoms with E-state index >= 15 is 0 Å². The van der Waals surface area contributed by atoms with Crippen LogP contribution in [-0.4, -0.2) is 18.1 Å². The quantitative estimate of drug-likeness (QED) is 0.870. The summed E-state index contributed by atoms with van der Waals surface area (Å²) in [6.07, 6.45) is 0. The molecule has 0 saturated heterocycles. The Balaban J connectivity index is 2.32. The van der Waals surface area contributed by atoms with Gasteiger partial charge in [-0.2, -0.15) is 0 Å². The van der Waals surface area contributed by atoms with Crippen LogP contribution < -0.4 is 10.5 Å². The zero-order valence-corrected chi connectivity index (χ0v) is 12.6. The van der Waals surface area contributed by atoms with E-state index in [1.165, 1.54) is 13.2 Å². The average molecular weight is 337 g/mol. The van der Waals surface area contributed by atoms with Crippen LogP contribution in [0, 0.1) is 6.92 Å². The van der Waals surface area contributed by atoms with Gasteiger partial charge in [-0.1, -0.05) is 15.9 Å². The molecule has 1 aromatic heterocycles. The maximum absolute atomic E-state index is 11.4. The van der Waals surface area contributed by atoms with Crippen LogP contribution in [0.15, 0.2) is 34.8 Å². The Morgan fingerprint density at radius 2 is 2.05 bits per heavy atom. The number of hydrogen-bond donors (Lipinski definition) is 1. The number of esters is 1. The molecule has 1 aromatic carbocycles. The number of nitrogen functional groups attached to an aromatic ring is 1. The van der Waals surface area contributed by atoms with Gasteiger partial charge in [0.15, 0.2) is 5.69 Å². The number of halogens is 1. The van der Waals surface area contributed by atoms with Gasteiger partial charge in [-0.3, -0.25) is 0 Å². The summed E-state index contributed by atoms with van der Waals surface area (Å²) in [5.74, 6) is 0.225. The van der Waals surface area contributed by atoms with Crippen molar-refractivity contribution in [1.82, 2.24) is 4.98 Å². The number of hydrogen-bond acceptors (Lipinski definition) is 5. The smallest absolute Gasteiger partial charge is 0.356 e. The number of anilines is 1. The first-order chi connectivity index (χ1) is 9.51. The lowest BCUT2D eigenvalue weighted by atomic mass is 10.2. The molecule has 1 heterocycles. The topological polar surface area (TPSA) is 74.4 Å². The summed E-state index contributed by atoms with van der Waals surface area (Å²) < 4.78 is 11.2. The molecule has 0 aliphatic heterocycles. The average Bonchev–Trinajstić information content (AvgIpc) is 2.44. The highest BCUT2D eigenvalue weighted by Crippen LogP contribution is 2.28. The Labute approximate surface area is 124 Å². The highest BCUT2D eigenvalue weighted by atomic mass is 79.9. The van der Waals surface area contributed by atoms with Crippen LogP contribution in [0.5, 0.6) is 11.6 Å². The fourth-order valence-corrected chi connectivity index (χ4v) is 1.79. The molecular weight excluding hydrogens is 324 g/mol. The maximum Gasteiger partial charge on any atom is 0.356 e. The van der Waals surface area contributed by atoms with E-state index in [9.17, 15) is 4.79 Å². The molecule has 0 saturated carbocycles. The van der Waals surface area contributed by atoms with E-state index in [2.05, 4.69) is 25.7 Å². The molecule has 2 aromatic rings. The van der Waals surface area contributed by atoms with Gasteiger partial charge in [0.1, 0.15) is 5.75 Å². The molecular formula is C14H13BrN2O3. The molecule has 6 heteroatoms. The van der Waals surface area contributed by atoms with Crippen LogP contribution in [0.4, 0.5) is 5.69 Å². The molecule has 0 fully saturated rings. The van der Waals surface area contributed by atoms with E-state index in [4.69, 9.17) is 10.5 Å². The fourth-order valence-electron chi connectivity index (χ4n) is 1.54. The molecule has 20 heavy (non-hydrogen) atoms. The van der Waals surface area contributed by atoms with Crippen LogP contribution >= 0.6 is 15.9 Å². The highest BCUT2D eigenvalue weighted by Gasteiger charge is 2.12. The molecule has 104 valence electrons. The lowest BCUT2D eigenvalue weighted by molar-refractivity contribution is 0.0593. The first-order valence-corrected chi connectivity index (χ1v) is 6.59. The van der Waals surface area contributed by atoms with Gasteiger partial charge in [-0.15, -0.1) is 0 Å². The number of benzene rings is 1. The third kappa shape index (κ3) is 3.08. The number of aryl methyl sites for hydroxylation is 1. The van der Waals surface area contributed by atoms with Crippen LogP contribution in [-0.2, 0) is 4.74 Å². The molecule has 0 spiro atoms. The summed E-state index contributed by atoms with van der Waals surface area (Å²) in [5, 5.41) is 0. The molecule has 0 amide bonds. The number of rotatable bonds is 3. The summed E-state index contributed by atoms with van der Waals surface area (Å²) >= 11 is 3.41. The summed E-state index contributed by atoms with van der Waals surface area (Å²) in [5.41, 5.74) is 7.31. The van der Waals surface area contributed by atoms with Crippen molar-refractivity contribution in [3.8, 4) is 11.6 Å². The van der Waals surface area contributed by atoms with Crippen molar-refractivity contribution in [2.45, 2.75) is 6.92 Å². The van der Waals surface area contributed by atoms with Gasteiger partial charge >= 0.3 is 5.97 Å². The minimum atomic E-state index is -0.540. The third-order valence-corrected chi connectivity index (χ3v) is 3.52. The second-order valence-electron chi connectivity index (χ2n) is 4.10. The zero-order chi connectivity index (χ0) is 14.7. The molecule has 0 bridgehead atoms. The van der Waals surface area contributed by atoms with Crippen LogP contribution in [0.1, 0.15) is 16.1 Å². The Bertz CT molecular complexity index is 659. The summed E-state index contributed by atoms with van der Waals surface area (Å²) in [4.78, 5) is 15.5. The molecule has 0 atom stereocenters. The monoisotopic (exact) mass is 336 g/mol. The van der Waals surface area contributed by atoms with Crippen LogP contribution in [0.25, 0.3) is 0 Å². The molecule has 2 rings (SSSR count). The van der Waals surface area contributed by atoms with E-state index in [-0.39, 0.29) is 11.6 Å². The minimum Gasteiger partial charge on any atom is -0.464 e. The number of pyridine rings is 1. The number of aromatic nitrogens is 1. The minimum absolute atomic E-state index is 0.144. The number of carbonyl (C=O) groups excluding carboxylic acids is 1. The third-order valence-electron chi connectivity index (χ3n) is 2.63. The van der Waals surface area contributed by atoms with Crippen molar-refractivity contribution in [2.75, 3.05) is 12.8 Å². The predicted molar refractivity (Wildman–Crippen MR) is 78.9 cm³/mol. The molecule has 5 nitrogen and oxygen atoms in total. The number of nitrogens with two attached hydrogens (primary N) is 1. The van der Waals surface area contributed by atoms with E-state index in [0.717, 1.165) is 10.0 Å². The van der Waals surface area contributed by atoms with Gasteiger partial charge in [0.2, 0.25) is 5.88 Å². The normalized spacial score (nSPS) is 10.2. The van der Waals surface area contributed by atoms with Crippen molar-refractivity contribution >= 4 is 27.6 Å². The Morgan fingerprint density at radius 3 is 2.70 bits per heavy atom. The lowest BCUT2D eigenvalue weighted by Gasteiger charge is -2.09. The summed E-state index contributed by atoms with van der Waals surface area (Å²) in [7, 11) is 1.29. The number of methoxy groups -OCH3 is 1. The molecule has 0 aliphatic rings. The number of carbonyl (C=O) groups is 1. The van der Waals surface area contributed by atoms with E-state index in [1.807, 2.05) is 19.1 Å². The first-order valence-electron chi connectivity index (χ1n) is 5.80. The van der Waals surface area contributed by atoms with E-state index in [0.29, 0.717) is 11.4 Å².